The maximum absolute atomic E-state index is 12.7. The van der Waals surface area contributed by atoms with Gasteiger partial charge in [0.05, 0.1) is 5.56 Å². The van der Waals surface area contributed by atoms with E-state index in [4.69, 9.17) is 12.4 Å². The third-order valence-electron chi connectivity index (χ3n) is 1.87. The molecule has 96 valence electrons. The molecule has 0 atom stereocenters. The number of hydrogen-bond acceptors (Lipinski definition) is 4. The maximum Gasteiger partial charge on any atom is 0.402 e. The van der Waals surface area contributed by atoms with Crippen molar-refractivity contribution in [2.45, 2.75) is 5.25 Å². The van der Waals surface area contributed by atoms with Gasteiger partial charge < -0.3 is 4.74 Å². The summed E-state index contributed by atoms with van der Waals surface area (Å²) >= 11 is 0. The van der Waals surface area contributed by atoms with Gasteiger partial charge in [0.15, 0.2) is 6.61 Å². The smallest absolute Gasteiger partial charge is 0.402 e. The van der Waals surface area contributed by atoms with Crippen molar-refractivity contribution >= 4 is 29.4 Å². The van der Waals surface area contributed by atoms with E-state index in [-0.39, 0.29) is 11.0 Å². The summed E-state index contributed by atoms with van der Waals surface area (Å²) < 4.78 is 58.3. The molecule has 0 saturated heterocycles. The monoisotopic (exact) mass is 276 g/mol. The molecule has 0 unspecified atom stereocenters. The molecule has 18 heavy (non-hydrogen) atoms. The van der Waals surface area contributed by atoms with Crippen LogP contribution in [0.2, 0.25) is 0 Å². The van der Waals surface area contributed by atoms with E-state index in [1.165, 1.54) is 24.3 Å². The van der Waals surface area contributed by atoms with Crippen LogP contribution in [-0.4, -0.2) is 38.6 Å². The Balaban J connectivity index is 2.74. The lowest BCUT2D eigenvalue weighted by molar-refractivity contribution is -0.00949. The summed E-state index contributed by atoms with van der Waals surface area (Å²) in [5.41, 5.74) is 0.104. The van der Waals surface area contributed by atoms with Crippen LogP contribution in [0.5, 0.6) is 0 Å². The third-order valence-corrected chi connectivity index (χ3v) is 2.74. The quantitative estimate of drug-likeness (QED) is 0.480. The number of rotatable bonds is 4. The average molecular weight is 276 g/mol. The zero-order chi connectivity index (χ0) is 14.0. The van der Waals surface area contributed by atoms with Gasteiger partial charge in [-0.15, -0.1) is 0 Å². The predicted octanol–water partition coefficient (Wildman–Crippen LogP) is 0.118. The molecule has 9 heteroatoms. The fraction of sp³-hybridized carbons (Fsp3) is 0.222. The molecule has 2 radical (unpaired) electrons. The molecule has 1 rings (SSSR count). The van der Waals surface area contributed by atoms with Crippen LogP contribution in [0.4, 0.5) is 8.78 Å². The summed E-state index contributed by atoms with van der Waals surface area (Å²) in [6.45, 7) is -1.78. The SMILES string of the molecule is [B]c1cccc(C(=O)OCC(F)(F)S(=O)(=O)O)c1. The van der Waals surface area contributed by atoms with Crippen LogP contribution in [0, 0.1) is 0 Å². The Hall–Kier alpha value is -1.48. The van der Waals surface area contributed by atoms with E-state index in [9.17, 15) is 22.0 Å². The fourth-order valence-electron chi connectivity index (χ4n) is 0.973. The summed E-state index contributed by atoms with van der Waals surface area (Å²) in [6, 6.07) is 5.29. The minimum Gasteiger partial charge on any atom is -0.454 e. The van der Waals surface area contributed by atoms with E-state index in [2.05, 4.69) is 4.74 Å². The third kappa shape index (κ3) is 3.51. The van der Waals surface area contributed by atoms with Crippen molar-refractivity contribution in [3.8, 4) is 0 Å². The molecule has 1 aromatic rings. The number of halogens is 2. The minimum atomic E-state index is -5.62. The molecule has 0 aliphatic carbocycles. The molecular weight excluding hydrogens is 269 g/mol. The molecule has 0 heterocycles. The van der Waals surface area contributed by atoms with Gasteiger partial charge >= 0.3 is 21.3 Å². The second-order valence-corrected chi connectivity index (χ2v) is 4.86. The van der Waals surface area contributed by atoms with Crippen LogP contribution in [0.15, 0.2) is 24.3 Å². The highest BCUT2D eigenvalue weighted by molar-refractivity contribution is 7.86. The Morgan fingerprint density at radius 3 is 2.56 bits per heavy atom. The largest absolute Gasteiger partial charge is 0.454 e. The van der Waals surface area contributed by atoms with E-state index in [0.29, 0.717) is 0 Å². The highest BCUT2D eigenvalue weighted by atomic mass is 32.2. The highest BCUT2D eigenvalue weighted by Gasteiger charge is 2.45. The van der Waals surface area contributed by atoms with Gasteiger partial charge in [0.2, 0.25) is 0 Å². The molecule has 1 aromatic carbocycles. The number of esters is 1. The average Bonchev–Trinajstić information content (AvgIpc) is 2.24. The Morgan fingerprint density at radius 1 is 1.44 bits per heavy atom. The van der Waals surface area contributed by atoms with Crippen molar-refractivity contribution in [1.29, 1.82) is 0 Å². The predicted molar refractivity (Wildman–Crippen MR) is 58.6 cm³/mol. The Labute approximate surface area is 103 Å². The maximum atomic E-state index is 12.7. The van der Waals surface area contributed by atoms with Gasteiger partial charge in [0.25, 0.3) is 0 Å². The van der Waals surface area contributed by atoms with Crippen LogP contribution in [-0.2, 0) is 14.9 Å². The lowest BCUT2D eigenvalue weighted by Gasteiger charge is -2.13. The number of benzene rings is 1. The first-order chi connectivity index (χ1) is 8.13. The zero-order valence-electron chi connectivity index (χ0n) is 8.84. The number of carbonyl (C=O) groups excluding carboxylic acids is 1. The second kappa shape index (κ2) is 5.03. The Morgan fingerprint density at radius 2 is 2.06 bits per heavy atom. The van der Waals surface area contributed by atoms with E-state index in [1.54, 1.807) is 0 Å². The standard InChI is InChI=1S/C9H7BF2O5S/c10-7-3-1-2-6(4-7)8(13)17-5-9(11,12)18(14,15)16/h1-4H,5H2,(H,14,15,16). The van der Waals surface area contributed by atoms with E-state index < -0.39 is 27.9 Å². The first-order valence-electron chi connectivity index (χ1n) is 4.51. The van der Waals surface area contributed by atoms with Crippen LogP contribution >= 0.6 is 0 Å². The van der Waals surface area contributed by atoms with Crippen LogP contribution in [0.3, 0.4) is 0 Å². The van der Waals surface area contributed by atoms with Gasteiger partial charge in [-0.05, 0) is 6.07 Å². The van der Waals surface area contributed by atoms with Crippen LogP contribution < -0.4 is 5.46 Å². The van der Waals surface area contributed by atoms with E-state index in [0.717, 1.165) is 0 Å². The Bertz CT molecular complexity index is 558. The molecule has 0 bridgehead atoms. The fourth-order valence-corrected chi connectivity index (χ4v) is 1.18. The molecule has 0 spiro atoms. The molecule has 0 aliphatic heterocycles. The zero-order valence-corrected chi connectivity index (χ0v) is 9.65. The van der Waals surface area contributed by atoms with Crippen molar-refractivity contribution in [2.75, 3.05) is 6.61 Å². The van der Waals surface area contributed by atoms with Gasteiger partial charge in [0.1, 0.15) is 7.85 Å². The van der Waals surface area contributed by atoms with Gasteiger partial charge in [-0.1, -0.05) is 23.7 Å². The first-order valence-corrected chi connectivity index (χ1v) is 5.95. The van der Waals surface area contributed by atoms with Crippen molar-refractivity contribution < 1.29 is 31.3 Å². The van der Waals surface area contributed by atoms with Gasteiger partial charge in [0, 0.05) is 0 Å². The summed E-state index contributed by atoms with van der Waals surface area (Å²) in [6.07, 6.45) is 0. The van der Waals surface area contributed by atoms with E-state index >= 15 is 0 Å². The van der Waals surface area contributed by atoms with Crippen molar-refractivity contribution in [3.05, 3.63) is 29.8 Å². The lowest BCUT2D eigenvalue weighted by Crippen LogP contribution is -2.34. The van der Waals surface area contributed by atoms with Gasteiger partial charge in [-0.2, -0.15) is 17.2 Å². The molecule has 0 amide bonds. The highest BCUT2D eigenvalue weighted by Crippen LogP contribution is 2.21. The summed E-state index contributed by atoms with van der Waals surface area (Å²) in [4.78, 5) is 11.3. The van der Waals surface area contributed by atoms with Crippen molar-refractivity contribution in [1.82, 2.24) is 0 Å². The summed E-state index contributed by atoms with van der Waals surface area (Å²) in [5, 5.41) is -4.55. The lowest BCUT2D eigenvalue weighted by atomic mass is 9.94. The topological polar surface area (TPSA) is 80.7 Å². The van der Waals surface area contributed by atoms with Gasteiger partial charge in [-0.3, -0.25) is 4.55 Å². The second-order valence-electron chi connectivity index (χ2n) is 3.31. The normalized spacial score (nSPS) is 12.2. The molecule has 0 aromatic heterocycles. The molecule has 0 aliphatic rings. The minimum absolute atomic E-state index is 0.110. The first kappa shape index (κ1) is 14.6. The molecule has 1 N–H and O–H groups in total. The molecule has 0 fully saturated rings. The number of alkyl halides is 2. The number of carbonyl (C=O) groups is 1. The van der Waals surface area contributed by atoms with Crippen molar-refractivity contribution in [2.24, 2.45) is 0 Å². The number of hydrogen-bond donors (Lipinski definition) is 1. The number of ether oxygens (including phenoxy) is 1. The van der Waals surface area contributed by atoms with Crippen LogP contribution in [0.25, 0.3) is 0 Å². The Kier molecular flexibility index (Phi) is 4.07. The van der Waals surface area contributed by atoms with Crippen molar-refractivity contribution in [3.63, 3.8) is 0 Å². The summed E-state index contributed by atoms with van der Waals surface area (Å²) in [7, 11) is -0.268. The molecule has 5 nitrogen and oxygen atoms in total. The molecular formula is C9H7BF2O5S. The van der Waals surface area contributed by atoms with Gasteiger partial charge in [-0.25, -0.2) is 4.79 Å². The molecule has 0 saturated carbocycles. The summed E-state index contributed by atoms with van der Waals surface area (Å²) in [5.74, 6) is -1.18. The van der Waals surface area contributed by atoms with Crippen LogP contribution in [0.1, 0.15) is 10.4 Å². The van der Waals surface area contributed by atoms with E-state index in [1.807, 2.05) is 0 Å².